The van der Waals surface area contributed by atoms with Gasteiger partial charge in [0.05, 0.1) is 19.8 Å². The van der Waals surface area contributed by atoms with E-state index < -0.39 is 6.10 Å². The van der Waals surface area contributed by atoms with Gasteiger partial charge in [0.2, 0.25) is 0 Å². The van der Waals surface area contributed by atoms with Crippen molar-refractivity contribution < 1.29 is 14.6 Å². The fraction of sp³-hybridized carbons (Fsp3) is 0.231. The van der Waals surface area contributed by atoms with Crippen molar-refractivity contribution in [2.24, 2.45) is 0 Å². The molecule has 90 valence electrons. The summed E-state index contributed by atoms with van der Waals surface area (Å²) in [7, 11) is 3.16. The van der Waals surface area contributed by atoms with Gasteiger partial charge in [-0.15, -0.1) is 0 Å². The molecule has 0 saturated carbocycles. The minimum absolute atomic E-state index is 0.628. The largest absolute Gasteiger partial charge is 0.496 e. The molecule has 17 heavy (non-hydrogen) atoms. The van der Waals surface area contributed by atoms with Gasteiger partial charge >= 0.3 is 0 Å². The lowest BCUT2D eigenvalue weighted by atomic mass is 10.0. The second-order valence-corrected chi connectivity index (χ2v) is 4.32. The van der Waals surface area contributed by atoms with E-state index in [9.17, 15) is 5.11 Å². The first-order valence-corrected chi connectivity index (χ1v) is 6.13. The van der Waals surface area contributed by atoms with E-state index in [1.165, 1.54) is 0 Å². The third kappa shape index (κ3) is 2.28. The summed E-state index contributed by atoms with van der Waals surface area (Å²) in [4.78, 5) is 0. The first-order chi connectivity index (χ1) is 8.27. The Kier molecular flexibility index (Phi) is 3.66. The van der Waals surface area contributed by atoms with Gasteiger partial charge in [-0.3, -0.25) is 0 Å². The lowest BCUT2D eigenvalue weighted by molar-refractivity contribution is 0.209. The quantitative estimate of drug-likeness (QED) is 0.906. The molecule has 1 aromatic carbocycles. The fourth-order valence-corrected chi connectivity index (χ4v) is 2.43. The summed E-state index contributed by atoms with van der Waals surface area (Å²) in [5.41, 5.74) is 1.51. The smallest absolute Gasteiger partial charge is 0.128 e. The number of hydrogen-bond donors (Lipinski definition) is 1. The molecular weight excluding hydrogens is 236 g/mol. The van der Waals surface area contributed by atoms with E-state index in [1.807, 2.05) is 35.0 Å². The molecular formula is C13H14O3S. The standard InChI is InChI=1S/C13H14O3S/c1-15-10-4-3-5-11(16-2)12(10)13(14)9-6-7-17-8-9/h3-8,13-14H,1-2H3. The molecule has 0 fully saturated rings. The van der Waals surface area contributed by atoms with Crippen LogP contribution in [0.4, 0.5) is 0 Å². The maximum atomic E-state index is 10.4. The van der Waals surface area contributed by atoms with E-state index in [0.29, 0.717) is 17.1 Å². The molecule has 2 aromatic rings. The summed E-state index contributed by atoms with van der Waals surface area (Å²) in [6.45, 7) is 0. The predicted octanol–water partition coefficient (Wildman–Crippen LogP) is 2.85. The lowest BCUT2D eigenvalue weighted by Crippen LogP contribution is -2.04. The van der Waals surface area contributed by atoms with Crippen molar-refractivity contribution >= 4 is 11.3 Å². The summed E-state index contributed by atoms with van der Waals surface area (Å²) >= 11 is 1.55. The average molecular weight is 250 g/mol. The van der Waals surface area contributed by atoms with E-state index in [4.69, 9.17) is 9.47 Å². The number of ether oxygens (including phenoxy) is 2. The summed E-state index contributed by atoms with van der Waals surface area (Å²) in [6.07, 6.45) is -0.729. The number of thiophene rings is 1. The lowest BCUT2D eigenvalue weighted by Gasteiger charge is -2.17. The van der Waals surface area contributed by atoms with Crippen molar-refractivity contribution in [3.63, 3.8) is 0 Å². The highest BCUT2D eigenvalue weighted by atomic mass is 32.1. The fourth-order valence-electron chi connectivity index (χ4n) is 1.75. The maximum absolute atomic E-state index is 10.4. The topological polar surface area (TPSA) is 38.7 Å². The predicted molar refractivity (Wildman–Crippen MR) is 67.9 cm³/mol. The van der Waals surface area contributed by atoms with Crippen LogP contribution in [0.5, 0.6) is 11.5 Å². The second-order valence-electron chi connectivity index (χ2n) is 3.54. The van der Waals surface area contributed by atoms with Crippen LogP contribution in [0.15, 0.2) is 35.0 Å². The maximum Gasteiger partial charge on any atom is 0.128 e. The van der Waals surface area contributed by atoms with Gasteiger partial charge in [0.25, 0.3) is 0 Å². The second kappa shape index (κ2) is 5.21. The van der Waals surface area contributed by atoms with Crippen LogP contribution in [0.3, 0.4) is 0 Å². The van der Waals surface area contributed by atoms with Crippen molar-refractivity contribution in [3.05, 3.63) is 46.2 Å². The van der Waals surface area contributed by atoms with Crippen LogP contribution in [-0.2, 0) is 0 Å². The van der Waals surface area contributed by atoms with Crippen LogP contribution in [-0.4, -0.2) is 19.3 Å². The van der Waals surface area contributed by atoms with E-state index >= 15 is 0 Å². The van der Waals surface area contributed by atoms with Crippen molar-refractivity contribution in [3.8, 4) is 11.5 Å². The van der Waals surface area contributed by atoms with Crippen LogP contribution in [0.1, 0.15) is 17.2 Å². The van der Waals surface area contributed by atoms with Crippen LogP contribution < -0.4 is 9.47 Å². The molecule has 1 N–H and O–H groups in total. The zero-order valence-electron chi connectivity index (χ0n) is 9.71. The van der Waals surface area contributed by atoms with Crippen LogP contribution in [0.2, 0.25) is 0 Å². The number of hydrogen-bond acceptors (Lipinski definition) is 4. The number of rotatable bonds is 4. The molecule has 3 nitrogen and oxygen atoms in total. The van der Waals surface area contributed by atoms with E-state index in [1.54, 1.807) is 25.6 Å². The summed E-state index contributed by atoms with van der Waals surface area (Å²) in [6, 6.07) is 7.35. The molecule has 4 heteroatoms. The first kappa shape index (κ1) is 12.0. The molecule has 0 aliphatic heterocycles. The molecule has 1 heterocycles. The van der Waals surface area contributed by atoms with Gasteiger partial charge in [-0.25, -0.2) is 0 Å². The molecule has 0 bridgehead atoms. The van der Waals surface area contributed by atoms with E-state index in [0.717, 1.165) is 5.56 Å². The average Bonchev–Trinajstić information content (AvgIpc) is 2.90. The Bertz CT molecular complexity index is 457. The third-order valence-corrected chi connectivity index (χ3v) is 3.30. The Morgan fingerprint density at radius 1 is 1.12 bits per heavy atom. The Balaban J connectivity index is 2.49. The minimum atomic E-state index is -0.729. The Morgan fingerprint density at radius 3 is 2.24 bits per heavy atom. The normalized spacial score (nSPS) is 12.2. The molecule has 0 aliphatic carbocycles. The van der Waals surface area contributed by atoms with Crippen LogP contribution >= 0.6 is 11.3 Å². The highest BCUT2D eigenvalue weighted by Crippen LogP contribution is 2.37. The number of aliphatic hydroxyl groups is 1. The highest BCUT2D eigenvalue weighted by Gasteiger charge is 2.20. The van der Waals surface area contributed by atoms with Gasteiger partial charge in [0.15, 0.2) is 0 Å². The SMILES string of the molecule is COc1cccc(OC)c1C(O)c1ccsc1. The van der Waals surface area contributed by atoms with E-state index in [-0.39, 0.29) is 0 Å². The zero-order valence-corrected chi connectivity index (χ0v) is 10.5. The molecule has 0 amide bonds. The van der Waals surface area contributed by atoms with Gasteiger partial charge in [0, 0.05) is 0 Å². The van der Waals surface area contributed by atoms with Gasteiger partial charge in [-0.05, 0) is 34.5 Å². The first-order valence-electron chi connectivity index (χ1n) is 5.19. The molecule has 0 saturated heterocycles. The van der Waals surface area contributed by atoms with Crippen LogP contribution in [0, 0.1) is 0 Å². The molecule has 0 spiro atoms. The summed E-state index contributed by atoms with van der Waals surface area (Å²) < 4.78 is 10.5. The van der Waals surface area contributed by atoms with Crippen molar-refractivity contribution in [2.75, 3.05) is 14.2 Å². The Hall–Kier alpha value is -1.52. The molecule has 2 rings (SSSR count). The highest BCUT2D eigenvalue weighted by molar-refractivity contribution is 7.07. The minimum Gasteiger partial charge on any atom is -0.496 e. The molecule has 1 aromatic heterocycles. The van der Waals surface area contributed by atoms with E-state index in [2.05, 4.69) is 0 Å². The molecule has 0 radical (unpaired) electrons. The summed E-state index contributed by atoms with van der Waals surface area (Å²) in [5, 5.41) is 14.2. The van der Waals surface area contributed by atoms with Gasteiger partial charge in [-0.1, -0.05) is 6.07 Å². The third-order valence-electron chi connectivity index (χ3n) is 2.60. The Labute approximate surface area is 104 Å². The number of benzene rings is 1. The number of methoxy groups -OCH3 is 2. The van der Waals surface area contributed by atoms with Gasteiger partial charge < -0.3 is 14.6 Å². The van der Waals surface area contributed by atoms with Gasteiger partial charge in [-0.2, -0.15) is 11.3 Å². The zero-order chi connectivity index (χ0) is 12.3. The Morgan fingerprint density at radius 2 is 1.76 bits per heavy atom. The summed E-state index contributed by atoms with van der Waals surface area (Å²) in [5.74, 6) is 1.26. The van der Waals surface area contributed by atoms with Crippen molar-refractivity contribution in [1.82, 2.24) is 0 Å². The van der Waals surface area contributed by atoms with Gasteiger partial charge in [0.1, 0.15) is 17.6 Å². The molecule has 1 atom stereocenters. The number of aliphatic hydroxyl groups excluding tert-OH is 1. The van der Waals surface area contributed by atoms with Crippen LogP contribution in [0.25, 0.3) is 0 Å². The van der Waals surface area contributed by atoms with Crippen molar-refractivity contribution in [1.29, 1.82) is 0 Å². The molecule has 1 unspecified atom stereocenters. The van der Waals surface area contributed by atoms with Crippen molar-refractivity contribution in [2.45, 2.75) is 6.10 Å². The monoisotopic (exact) mass is 250 g/mol. The molecule has 0 aliphatic rings.